The van der Waals surface area contributed by atoms with Crippen molar-refractivity contribution in [2.75, 3.05) is 23.4 Å². The molecule has 222 valence electrons. The highest BCUT2D eigenvalue weighted by atomic mass is 32.2. The molecule has 0 atom stereocenters. The van der Waals surface area contributed by atoms with Crippen LogP contribution in [0.25, 0.3) is 16.9 Å². The Labute approximate surface area is 246 Å². The molecule has 1 aliphatic carbocycles. The smallest absolute Gasteiger partial charge is 0.259 e. The zero-order valence-corrected chi connectivity index (χ0v) is 25.8. The van der Waals surface area contributed by atoms with Crippen molar-refractivity contribution in [2.45, 2.75) is 65.3 Å². The number of anilines is 2. The van der Waals surface area contributed by atoms with Crippen molar-refractivity contribution in [3.05, 3.63) is 65.1 Å². The molecule has 2 heterocycles. The molecule has 2 aromatic heterocycles. The van der Waals surface area contributed by atoms with Crippen LogP contribution in [0.2, 0.25) is 0 Å². The Hall–Kier alpha value is -4.19. The fourth-order valence-electron chi connectivity index (χ4n) is 4.95. The Morgan fingerprint density at radius 2 is 1.90 bits per heavy atom. The number of hydrogen-bond donors (Lipinski definition) is 2. The number of amides is 1. The standard InChI is InChI=1S/C30H37N7O4S/c1-8-26-23(16-31-37(26)21-11-12-21)25-17-36(35-33-25)27-15-20(10-9-18(27)2)32-29(38)22-13-19(30(3,4)5)14-24(28(22)41-6)34-42(7,39)40/h9-10,13-17,21,34H,8,11-12H2,1-7H3,(H,32,38). The maximum Gasteiger partial charge on any atom is 0.259 e. The van der Waals surface area contributed by atoms with Gasteiger partial charge in [-0.3, -0.25) is 14.2 Å². The quantitative estimate of drug-likeness (QED) is 0.271. The summed E-state index contributed by atoms with van der Waals surface area (Å²) < 4.78 is 36.0. The molecule has 0 saturated heterocycles. The molecular formula is C30H37N7O4S. The number of hydrogen-bond acceptors (Lipinski definition) is 7. The first-order valence-electron chi connectivity index (χ1n) is 13.9. The van der Waals surface area contributed by atoms with Gasteiger partial charge in [-0.05, 0) is 67.0 Å². The van der Waals surface area contributed by atoms with Crippen LogP contribution in [0.15, 0.2) is 42.7 Å². The molecule has 0 aliphatic heterocycles. The Kier molecular flexibility index (Phi) is 7.61. The number of benzene rings is 2. The van der Waals surface area contributed by atoms with Crippen LogP contribution >= 0.6 is 0 Å². The number of rotatable bonds is 9. The molecule has 0 spiro atoms. The van der Waals surface area contributed by atoms with Gasteiger partial charge in [0, 0.05) is 16.9 Å². The lowest BCUT2D eigenvalue weighted by atomic mass is 9.85. The van der Waals surface area contributed by atoms with Crippen LogP contribution in [0.4, 0.5) is 11.4 Å². The highest BCUT2D eigenvalue weighted by Crippen LogP contribution is 2.38. The van der Waals surface area contributed by atoms with E-state index >= 15 is 0 Å². The molecule has 1 fully saturated rings. The molecule has 2 N–H and O–H groups in total. The van der Waals surface area contributed by atoms with Gasteiger partial charge in [0.2, 0.25) is 10.0 Å². The Morgan fingerprint density at radius 1 is 1.17 bits per heavy atom. The van der Waals surface area contributed by atoms with E-state index in [2.05, 4.69) is 37.1 Å². The third-order valence-electron chi connectivity index (χ3n) is 7.31. The first-order valence-corrected chi connectivity index (χ1v) is 15.8. The molecule has 42 heavy (non-hydrogen) atoms. The van der Waals surface area contributed by atoms with E-state index < -0.39 is 15.9 Å². The monoisotopic (exact) mass is 591 g/mol. The molecule has 5 rings (SSSR count). The van der Waals surface area contributed by atoms with Gasteiger partial charge in [0.1, 0.15) is 5.69 Å². The van der Waals surface area contributed by atoms with E-state index in [4.69, 9.17) is 4.74 Å². The SMILES string of the molecule is CCc1c(-c2cn(-c3cc(NC(=O)c4cc(C(C)(C)C)cc(NS(C)(=O)=O)c4OC)ccc3C)nn2)cnn1C1CC1. The van der Waals surface area contributed by atoms with Gasteiger partial charge in [0.05, 0.1) is 48.7 Å². The van der Waals surface area contributed by atoms with Gasteiger partial charge in [-0.15, -0.1) is 5.10 Å². The van der Waals surface area contributed by atoms with Gasteiger partial charge >= 0.3 is 0 Å². The van der Waals surface area contributed by atoms with Crippen molar-refractivity contribution in [3.8, 4) is 22.7 Å². The molecular weight excluding hydrogens is 554 g/mol. The van der Waals surface area contributed by atoms with Crippen molar-refractivity contribution in [2.24, 2.45) is 0 Å². The summed E-state index contributed by atoms with van der Waals surface area (Å²) in [6.07, 6.45) is 7.95. The number of nitrogens with zero attached hydrogens (tertiary/aromatic N) is 5. The number of ether oxygens (including phenoxy) is 1. The minimum Gasteiger partial charge on any atom is -0.494 e. The van der Waals surface area contributed by atoms with Gasteiger partial charge in [0.25, 0.3) is 5.91 Å². The predicted molar refractivity (Wildman–Crippen MR) is 163 cm³/mol. The fraction of sp³-hybridized carbons (Fsp3) is 0.400. The minimum absolute atomic E-state index is 0.137. The first kappa shape index (κ1) is 29.3. The maximum atomic E-state index is 13.6. The number of carbonyl (C=O) groups excluding carboxylic acids is 1. The normalized spacial score (nSPS) is 13.7. The lowest BCUT2D eigenvalue weighted by molar-refractivity contribution is 0.102. The Morgan fingerprint density at radius 3 is 2.52 bits per heavy atom. The molecule has 1 amide bonds. The van der Waals surface area contributed by atoms with E-state index in [9.17, 15) is 13.2 Å². The Balaban J connectivity index is 1.47. The van der Waals surface area contributed by atoms with Gasteiger partial charge < -0.3 is 10.1 Å². The average molecular weight is 592 g/mol. The highest BCUT2D eigenvalue weighted by molar-refractivity contribution is 7.92. The van der Waals surface area contributed by atoms with E-state index in [0.717, 1.165) is 59.3 Å². The molecule has 2 aromatic carbocycles. The summed E-state index contributed by atoms with van der Waals surface area (Å²) in [5, 5.41) is 16.4. The highest BCUT2D eigenvalue weighted by Gasteiger charge is 2.28. The first-order chi connectivity index (χ1) is 19.8. The maximum absolute atomic E-state index is 13.6. The summed E-state index contributed by atoms with van der Waals surface area (Å²) >= 11 is 0. The van der Waals surface area contributed by atoms with Gasteiger partial charge in [-0.2, -0.15) is 5.10 Å². The zero-order valence-electron chi connectivity index (χ0n) is 25.0. The van der Waals surface area contributed by atoms with Crippen LogP contribution in [0.5, 0.6) is 5.75 Å². The van der Waals surface area contributed by atoms with Crippen molar-refractivity contribution in [3.63, 3.8) is 0 Å². The number of methoxy groups -OCH3 is 1. The van der Waals surface area contributed by atoms with Crippen LogP contribution < -0.4 is 14.8 Å². The summed E-state index contributed by atoms with van der Waals surface area (Å²) in [5.74, 6) is -0.304. The van der Waals surface area contributed by atoms with Gasteiger partial charge in [-0.1, -0.05) is 39.0 Å². The third kappa shape index (κ3) is 6.03. The Bertz CT molecular complexity index is 1760. The van der Waals surface area contributed by atoms with Crippen molar-refractivity contribution >= 4 is 27.3 Å². The molecule has 1 saturated carbocycles. The van der Waals surface area contributed by atoms with Gasteiger partial charge in [0.15, 0.2) is 5.75 Å². The lowest BCUT2D eigenvalue weighted by Crippen LogP contribution is -2.20. The second-order valence-corrected chi connectivity index (χ2v) is 13.5. The van der Waals surface area contributed by atoms with Crippen molar-refractivity contribution in [1.29, 1.82) is 0 Å². The third-order valence-corrected chi connectivity index (χ3v) is 7.90. The van der Waals surface area contributed by atoms with E-state index in [1.165, 1.54) is 7.11 Å². The van der Waals surface area contributed by atoms with E-state index in [1.807, 2.05) is 52.2 Å². The van der Waals surface area contributed by atoms with Crippen LogP contribution in [0, 0.1) is 6.92 Å². The molecule has 0 radical (unpaired) electrons. The zero-order chi connectivity index (χ0) is 30.4. The van der Waals surface area contributed by atoms with Crippen LogP contribution in [-0.4, -0.2) is 52.5 Å². The molecule has 0 unspecified atom stereocenters. The number of carbonyl (C=O) groups is 1. The van der Waals surface area contributed by atoms with Crippen molar-refractivity contribution in [1.82, 2.24) is 24.8 Å². The number of aromatic nitrogens is 5. The number of aryl methyl sites for hydroxylation is 1. The van der Waals surface area contributed by atoms with E-state index in [-0.39, 0.29) is 22.4 Å². The minimum atomic E-state index is -3.62. The number of sulfonamides is 1. The average Bonchev–Trinajstić information content (AvgIpc) is 3.47. The predicted octanol–water partition coefficient (Wildman–Crippen LogP) is 5.27. The molecule has 11 nitrogen and oxygen atoms in total. The fourth-order valence-corrected chi connectivity index (χ4v) is 5.50. The molecule has 0 bridgehead atoms. The summed E-state index contributed by atoms with van der Waals surface area (Å²) in [4.78, 5) is 13.6. The second-order valence-electron chi connectivity index (χ2n) is 11.8. The molecule has 1 aliphatic rings. The largest absolute Gasteiger partial charge is 0.494 e. The van der Waals surface area contributed by atoms with Crippen LogP contribution in [0.3, 0.4) is 0 Å². The van der Waals surface area contributed by atoms with E-state index in [0.29, 0.717) is 11.7 Å². The summed E-state index contributed by atoms with van der Waals surface area (Å²) in [7, 11) is -2.22. The topological polar surface area (TPSA) is 133 Å². The van der Waals surface area contributed by atoms with Crippen molar-refractivity contribution < 1.29 is 17.9 Å². The van der Waals surface area contributed by atoms with Gasteiger partial charge in [-0.25, -0.2) is 13.1 Å². The molecule has 12 heteroatoms. The summed E-state index contributed by atoms with van der Waals surface area (Å²) in [6, 6.07) is 9.44. The summed E-state index contributed by atoms with van der Waals surface area (Å²) in [6.45, 7) is 10.0. The molecule has 4 aromatic rings. The summed E-state index contributed by atoms with van der Waals surface area (Å²) in [5.41, 5.74) is 5.93. The van der Waals surface area contributed by atoms with Crippen LogP contribution in [-0.2, 0) is 21.9 Å². The van der Waals surface area contributed by atoms with E-state index in [1.54, 1.807) is 22.9 Å². The lowest BCUT2D eigenvalue weighted by Gasteiger charge is -2.23. The van der Waals surface area contributed by atoms with Crippen LogP contribution in [0.1, 0.15) is 73.8 Å². The second kappa shape index (κ2) is 10.9. The number of nitrogens with one attached hydrogen (secondary N) is 2.